The van der Waals surface area contributed by atoms with Crippen molar-refractivity contribution in [2.24, 2.45) is 0 Å². The van der Waals surface area contributed by atoms with Crippen LogP contribution in [0.5, 0.6) is 0 Å². The smallest absolute Gasteiger partial charge is 0.143 e. The number of rotatable bonds is 5. The minimum absolute atomic E-state index is 0.395. The molecule has 3 nitrogen and oxygen atoms in total. The molecule has 0 amide bonds. The van der Waals surface area contributed by atoms with Gasteiger partial charge in [0.05, 0.1) is 9.26 Å². The van der Waals surface area contributed by atoms with Gasteiger partial charge < -0.3 is 5.32 Å². The Balaban J connectivity index is 2.34. The van der Waals surface area contributed by atoms with Crippen molar-refractivity contribution in [3.05, 3.63) is 15.1 Å². The van der Waals surface area contributed by atoms with E-state index in [1.165, 1.54) is 22.1 Å². The predicted molar refractivity (Wildman–Crippen MR) is 79.6 cm³/mol. The number of nitrogens with one attached hydrogen (secondary N) is 1. The van der Waals surface area contributed by atoms with Crippen LogP contribution < -0.4 is 5.32 Å². The van der Waals surface area contributed by atoms with E-state index in [-0.39, 0.29) is 0 Å². The molecule has 0 atom stereocenters. The summed E-state index contributed by atoms with van der Waals surface area (Å²) in [5.41, 5.74) is 1.27. The molecule has 0 aliphatic heterocycles. The summed E-state index contributed by atoms with van der Waals surface area (Å²) < 4.78 is 1.22. The molecule has 0 radical (unpaired) electrons. The molecule has 0 saturated heterocycles. The van der Waals surface area contributed by atoms with E-state index >= 15 is 0 Å². The molecule has 2 rings (SSSR count). The highest BCUT2D eigenvalue weighted by atomic mass is 127. The van der Waals surface area contributed by atoms with Crippen LogP contribution in [0, 0.1) is 3.57 Å². The number of halogens is 1. The van der Waals surface area contributed by atoms with Crippen LogP contribution in [0.4, 0.5) is 5.82 Å². The molecule has 17 heavy (non-hydrogen) atoms. The van der Waals surface area contributed by atoms with Crippen molar-refractivity contribution in [3.8, 4) is 0 Å². The van der Waals surface area contributed by atoms with Gasteiger partial charge >= 0.3 is 0 Å². The van der Waals surface area contributed by atoms with E-state index in [0.29, 0.717) is 11.8 Å². The van der Waals surface area contributed by atoms with Gasteiger partial charge in [-0.05, 0) is 41.9 Å². The first-order chi connectivity index (χ1) is 8.13. The van der Waals surface area contributed by atoms with Crippen molar-refractivity contribution in [3.63, 3.8) is 0 Å². The Morgan fingerprint density at radius 3 is 2.59 bits per heavy atom. The fourth-order valence-electron chi connectivity index (χ4n) is 1.73. The van der Waals surface area contributed by atoms with Gasteiger partial charge in [-0.15, -0.1) is 0 Å². The van der Waals surface area contributed by atoms with E-state index in [1.54, 1.807) is 0 Å². The highest BCUT2D eigenvalue weighted by Crippen LogP contribution is 2.42. The van der Waals surface area contributed by atoms with Gasteiger partial charge in [0.25, 0.3) is 0 Å². The van der Waals surface area contributed by atoms with E-state index in [4.69, 9.17) is 4.98 Å². The van der Waals surface area contributed by atoms with E-state index in [1.807, 2.05) is 0 Å². The quantitative estimate of drug-likeness (QED) is 0.823. The SMILES string of the molecule is CCCNc1nc(C(C)C)nc(C2CC2)c1I. The predicted octanol–water partition coefficient (Wildman–Crippen LogP) is 3.90. The van der Waals surface area contributed by atoms with Gasteiger partial charge in [0, 0.05) is 18.4 Å². The largest absolute Gasteiger partial charge is 0.369 e. The summed E-state index contributed by atoms with van der Waals surface area (Å²) in [6.45, 7) is 7.46. The minimum Gasteiger partial charge on any atom is -0.369 e. The number of hydrogen-bond acceptors (Lipinski definition) is 3. The lowest BCUT2D eigenvalue weighted by molar-refractivity contribution is 0.753. The maximum Gasteiger partial charge on any atom is 0.143 e. The molecule has 94 valence electrons. The second kappa shape index (κ2) is 5.50. The van der Waals surface area contributed by atoms with Crippen LogP contribution in [-0.2, 0) is 0 Å². The Bertz CT molecular complexity index is 400. The van der Waals surface area contributed by atoms with Crippen LogP contribution in [0.25, 0.3) is 0 Å². The summed E-state index contributed by atoms with van der Waals surface area (Å²) in [5.74, 6) is 3.09. The Labute approximate surface area is 117 Å². The molecule has 0 unspecified atom stereocenters. The topological polar surface area (TPSA) is 37.8 Å². The van der Waals surface area contributed by atoms with Crippen molar-refractivity contribution in [2.45, 2.75) is 51.9 Å². The van der Waals surface area contributed by atoms with Crippen LogP contribution in [-0.4, -0.2) is 16.5 Å². The molecule has 1 heterocycles. The molecule has 1 aromatic rings. The van der Waals surface area contributed by atoms with Crippen molar-refractivity contribution in [2.75, 3.05) is 11.9 Å². The lowest BCUT2D eigenvalue weighted by Gasteiger charge is -2.13. The maximum atomic E-state index is 4.74. The second-order valence-electron chi connectivity index (χ2n) is 4.99. The molecule has 1 aliphatic rings. The minimum atomic E-state index is 0.395. The van der Waals surface area contributed by atoms with E-state index < -0.39 is 0 Å². The Morgan fingerprint density at radius 1 is 1.35 bits per heavy atom. The highest BCUT2D eigenvalue weighted by Gasteiger charge is 2.29. The van der Waals surface area contributed by atoms with Crippen LogP contribution in [0.2, 0.25) is 0 Å². The molecule has 0 aromatic carbocycles. The fourth-order valence-corrected chi connectivity index (χ4v) is 2.60. The van der Waals surface area contributed by atoms with Gasteiger partial charge in [-0.2, -0.15) is 0 Å². The normalized spacial score (nSPS) is 15.4. The molecule has 1 aliphatic carbocycles. The van der Waals surface area contributed by atoms with Crippen LogP contribution in [0.1, 0.15) is 63.4 Å². The third kappa shape index (κ3) is 3.09. The molecular weight excluding hydrogens is 325 g/mol. The first-order valence-corrected chi connectivity index (χ1v) is 7.52. The summed E-state index contributed by atoms with van der Waals surface area (Å²) in [4.78, 5) is 9.39. The lowest BCUT2D eigenvalue weighted by atomic mass is 10.2. The van der Waals surface area contributed by atoms with Gasteiger partial charge in [0.15, 0.2) is 0 Å². The molecule has 1 aromatic heterocycles. The van der Waals surface area contributed by atoms with Crippen LogP contribution in [0.3, 0.4) is 0 Å². The first-order valence-electron chi connectivity index (χ1n) is 6.44. The molecular formula is C13H20IN3. The molecule has 1 fully saturated rings. The third-order valence-corrected chi connectivity index (χ3v) is 3.98. The van der Waals surface area contributed by atoms with E-state index in [0.717, 1.165) is 24.6 Å². The first kappa shape index (κ1) is 13.1. The summed E-state index contributed by atoms with van der Waals surface area (Å²) in [6, 6.07) is 0. The van der Waals surface area contributed by atoms with Gasteiger partial charge in [-0.1, -0.05) is 20.8 Å². The standard InChI is InChI=1S/C13H20IN3/c1-4-7-15-13-10(14)11(9-5-6-9)16-12(17-13)8(2)3/h8-9H,4-7H2,1-3H3,(H,15,16,17). The van der Waals surface area contributed by atoms with Gasteiger partial charge in [0.2, 0.25) is 0 Å². The molecule has 1 saturated carbocycles. The zero-order valence-corrected chi connectivity index (χ0v) is 12.9. The average Bonchev–Trinajstić information content (AvgIpc) is 3.11. The number of nitrogens with zero attached hydrogens (tertiary/aromatic N) is 2. The lowest BCUT2D eigenvalue weighted by Crippen LogP contribution is -2.11. The molecule has 0 bridgehead atoms. The third-order valence-electron chi connectivity index (χ3n) is 2.92. The monoisotopic (exact) mass is 345 g/mol. The van der Waals surface area contributed by atoms with Gasteiger partial charge in [-0.25, -0.2) is 9.97 Å². The van der Waals surface area contributed by atoms with Crippen LogP contribution >= 0.6 is 22.6 Å². The Hall–Kier alpha value is -0.390. The average molecular weight is 345 g/mol. The zero-order valence-electron chi connectivity index (χ0n) is 10.8. The zero-order chi connectivity index (χ0) is 12.4. The summed E-state index contributed by atoms with van der Waals surface area (Å²) >= 11 is 2.39. The molecule has 1 N–H and O–H groups in total. The van der Waals surface area contributed by atoms with E-state index in [9.17, 15) is 0 Å². The van der Waals surface area contributed by atoms with Crippen molar-refractivity contribution in [1.29, 1.82) is 0 Å². The summed E-state index contributed by atoms with van der Waals surface area (Å²) in [7, 11) is 0. The molecule has 0 spiro atoms. The molecule has 4 heteroatoms. The summed E-state index contributed by atoms with van der Waals surface area (Å²) in [6.07, 6.45) is 3.70. The number of hydrogen-bond donors (Lipinski definition) is 1. The fraction of sp³-hybridized carbons (Fsp3) is 0.692. The number of anilines is 1. The van der Waals surface area contributed by atoms with Crippen molar-refractivity contribution in [1.82, 2.24) is 9.97 Å². The van der Waals surface area contributed by atoms with E-state index in [2.05, 4.69) is 53.7 Å². The second-order valence-corrected chi connectivity index (χ2v) is 6.06. The van der Waals surface area contributed by atoms with Crippen LogP contribution in [0.15, 0.2) is 0 Å². The Kier molecular flexibility index (Phi) is 4.22. The highest BCUT2D eigenvalue weighted by molar-refractivity contribution is 14.1. The van der Waals surface area contributed by atoms with Crippen molar-refractivity contribution >= 4 is 28.4 Å². The van der Waals surface area contributed by atoms with Crippen molar-refractivity contribution < 1.29 is 0 Å². The van der Waals surface area contributed by atoms with Gasteiger partial charge in [0.1, 0.15) is 11.6 Å². The Morgan fingerprint density at radius 2 is 2.06 bits per heavy atom. The van der Waals surface area contributed by atoms with Gasteiger partial charge in [-0.3, -0.25) is 0 Å². The number of aromatic nitrogens is 2. The summed E-state index contributed by atoms with van der Waals surface area (Å²) in [5, 5.41) is 3.42. The maximum absolute atomic E-state index is 4.74.